The molecule has 51 heavy (non-hydrogen) atoms. The molecule has 2 aromatic carbocycles. The van der Waals surface area contributed by atoms with E-state index >= 15 is 0 Å². The number of hydrogen-bond acceptors (Lipinski definition) is 10. The molecule has 0 saturated carbocycles. The van der Waals surface area contributed by atoms with E-state index in [1.54, 1.807) is 38.1 Å². The van der Waals surface area contributed by atoms with Gasteiger partial charge in [-0.25, -0.2) is 0 Å². The molecule has 4 rings (SSSR count). The van der Waals surface area contributed by atoms with E-state index in [0.717, 1.165) is 16.7 Å². The molecule has 0 radical (unpaired) electrons. The zero-order valence-corrected chi connectivity index (χ0v) is 30.1. The van der Waals surface area contributed by atoms with Crippen LogP contribution in [0.25, 0.3) is 0 Å². The topological polar surface area (TPSA) is 172 Å². The molecule has 0 spiro atoms. The molecule has 2 aromatic rings. The lowest BCUT2D eigenvalue weighted by molar-refractivity contribution is -0.136. The quantitative estimate of drug-likeness (QED) is 0.288. The van der Waals surface area contributed by atoms with E-state index in [-0.39, 0.29) is 78.0 Å². The Bertz CT molecular complexity index is 1870. The van der Waals surface area contributed by atoms with Crippen molar-refractivity contribution < 1.29 is 52.8 Å². The molecule has 0 heterocycles. The number of benzene rings is 2. The molecule has 0 atom stereocenters. The highest BCUT2D eigenvalue weighted by atomic mass is 16.5. The predicted octanol–water partition coefficient (Wildman–Crippen LogP) is 4.10. The zero-order valence-electron chi connectivity index (χ0n) is 30.1. The number of ketones is 4. The highest BCUT2D eigenvalue weighted by Gasteiger charge is 2.35. The van der Waals surface area contributed by atoms with Gasteiger partial charge in [-0.3, -0.25) is 28.8 Å². The molecule has 0 aromatic heterocycles. The average Bonchev–Trinajstić information content (AvgIpc) is 3.08. The Morgan fingerprint density at radius 2 is 0.961 bits per heavy atom. The number of aliphatic carboxylic acids is 1. The SMILES string of the molecule is COC1=C(OC)C(=O)C(Cc2cccc(CC(=O)NC(C)C)c2)=C(C)C1=O.COC1=C(OC)C(=O)C(Cc2cccc(CC(=O)O)c2)=C(C)C1=O. The molecular weight excluding hydrogens is 658 g/mol. The second-order valence-electron chi connectivity index (χ2n) is 12.1. The molecule has 0 saturated heterocycles. The van der Waals surface area contributed by atoms with Crippen LogP contribution in [0.2, 0.25) is 0 Å². The number of carbonyl (C=O) groups excluding carboxylic acids is 5. The normalized spacial score (nSPS) is 14.8. The lowest BCUT2D eigenvalue weighted by atomic mass is 9.88. The molecule has 2 aliphatic rings. The van der Waals surface area contributed by atoms with Gasteiger partial charge in [-0.1, -0.05) is 48.5 Å². The molecule has 12 nitrogen and oxygen atoms in total. The third-order valence-corrected chi connectivity index (χ3v) is 8.10. The van der Waals surface area contributed by atoms with E-state index in [1.807, 2.05) is 38.1 Å². The lowest BCUT2D eigenvalue weighted by Gasteiger charge is -2.20. The summed E-state index contributed by atoms with van der Waals surface area (Å²) in [6, 6.07) is 14.5. The van der Waals surface area contributed by atoms with Crippen LogP contribution in [-0.2, 0) is 73.4 Å². The Labute approximate surface area is 296 Å². The first kappa shape index (κ1) is 39.7. The third kappa shape index (κ3) is 9.68. The number of amides is 1. The minimum absolute atomic E-state index is 0.0594. The maximum absolute atomic E-state index is 12.7. The zero-order chi connectivity index (χ0) is 38.0. The summed E-state index contributed by atoms with van der Waals surface area (Å²) in [6.07, 6.45) is 0.650. The van der Waals surface area contributed by atoms with Crippen molar-refractivity contribution in [3.8, 4) is 0 Å². The minimum atomic E-state index is -0.930. The van der Waals surface area contributed by atoms with Crippen LogP contribution in [0.4, 0.5) is 0 Å². The fourth-order valence-corrected chi connectivity index (χ4v) is 5.65. The second kappa shape index (κ2) is 17.7. The van der Waals surface area contributed by atoms with Crippen molar-refractivity contribution in [2.75, 3.05) is 28.4 Å². The van der Waals surface area contributed by atoms with E-state index in [2.05, 4.69) is 5.32 Å². The highest BCUT2D eigenvalue weighted by molar-refractivity contribution is 6.24. The molecule has 2 aliphatic carbocycles. The van der Waals surface area contributed by atoms with Crippen molar-refractivity contribution in [3.05, 3.63) is 116 Å². The van der Waals surface area contributed by atoms with E-state index in [0.29, 0.717) is 27.9 Å². The summed E-state index contributed by atoms with van der Waals surface area (Å²) < 4.78 is 20.2. The third-order valence-electron chi connectivity index (χ3n) is 8.10. The van der Waals surface area contributed by atoms with Crippen molar-refractivity contribution in [2.45, 2.75) is 59.4 Å². The molecule has 0 aliphatic heterocycles. The van der Waals surface area contributed by atoms with Gasteiger partial charge in [0.1, 0.15) is 0 Å². The second-order valence-corrected chi connectivity index (χ2v) is 12.1. The van der Waals surface area contributed by atoms with Crippen molar-refractivity contribution in [3.63, 3.8) is 0 Å². The van der Waals surface area contributed by atoms with Crippen LogP contribution in [0.15, 0.2) is 93.9 Å². The summed E-state index contributed by atoms with van der Waals surface area (Å²) in [5.74, 6) is -2.81. The van der Waals surface area contributed by atoms with Crippen LogP contribution in [0, 0.1) is 0 Å². The molecule has 2 N–H and O–H groups in total. The number of rotatable bonds is 13. The Morgan fingerprint density at radius 3 is 1.31 bits per heavy atom. The Kier molecular flexibility index (Phi) is 13.8. The van der Waals surface area contributed by atoms with Crippen LogP contribution >= 0.6 is 0 Å². The number of allylic oxidation sites excluding steroid dienone is 4. The van der Waals surface area contributed by atoms with Crippen LogP contribution in [0.5, 0.6) is 0 Å². The van der Waals surface area contributed by atoms with Crippen molar-refractivity contribution in [1.82, 2.24) is 5.32 Å². The number of carboxylic acid groups (broad SMARTS) is 1. The van der Waals surface area contributed by atoms with Gasteiger partial charge in [-0.15, -0.1) is 0 Å². The molecule has 0 fully saturated rings. The van der Waals surface area contributed by atoms with Crippen LogP contribution in [0.3, 0.4) is 0 Å². The summed E-state index contributed by atoms with van der Waals surface area (Å²) in [5, 5.41) is 11.7. The van der Waals surface area contributed by atoms with Gasteiger partial charge in [-0.2, -0.15) is 0 Å². The first-order valence-corrected chi connectivity index (χ1v) is 16.1. The molecule has 1 amide bonds. The Morgan fingerprint density at radius 1 is 0.608 bits per heavy atom. The standard InChI is InChI=1S/C21H25NO5.C18H18O6/c1-12(2)22-17(23)11-15-8-6-7-14(9-15)10-16-13(3)18(24)20(26-4)21(27-5)19(16)25;1-10-13(16(22)18(24-3)17(23-2)15(10)21)8-11-5-4-6-12(7-11)9-14(19)20/h6-9,12H,10-11H2,1-5H3,(H,22,23);4-7H,8-9H2,1-3H3,(H,19,20). The van der Waals surface area contributed by atoms with Crippen molar-refractivity contribution in [2.24, 2.45) is 0 Å². The van der Waals surface area contributed by atoms with E-state index in [1.165, 1.54) is 28.4 Å². The molecule has 12 heteroatoms. The Hall–Kier alpha value is -5.78. The summed E-state index contributed by atoms with van der Waals surface area (Å²) in [6.45, 7) is 7.00. The van der Waals surface area contributed by atoms with Crippen LogP contribution in [0.1, 0.15) is 49.9 Å². The number of ether oxygens (including phenoxy) is 4. The van der Waals surface area contributed by atoms with E-state index in [4.69, 9.17) is 24.1 Å². The van der Waals surface area contributed by atoms with E-state index < -0.39 is 11.8 Å². The number of hydrogen-bond donors (Lipinski definition) is 2. The number of nitrogens with one attached hydrogen (secondary N) is 1. The smallest absolute Gasteiger partial charge is 0.307 e. The van der Waals surface area contributed by atoms with E-state index in [9.17, 15) is 28.8 Å². The fraction of sp³-hybridized carbons (Fsp3) is 0.333. The summed E-state index contributed by atoms with van der Waals surface area (Å²) in [7, 11) is 5.30. The van der Waals surface area contributed by atoms with Gasteiger partial charge in [0.25, 0.3) is 0 Å². The Balaban J connectivity index is 0.000000277. The highest BCUT2D eigenvalue weighted by Crippen LogP contribution is 2.29. The molecule has 270 valence electrons. The van der Waals surface area contributed by atoms with Gasteiger partial charge in [0, 0.05) is 41.2 Å². The van der Waals surface area contributed by atoms with Crippen molar-refractivity contribution >= 4 is 35.0 Å². The van der Waals surface area contributed by atoms with Crippen LogP contribution in [-0.4, -0.2) is 74.6 Å². The summed E-state index contributed by atoms with van der Waals surface area (Å²) in [5.41, 5.74) is 4.43. The maximum Gasteiger partial charge on any atom is 0.307 e. The van der Waals surface area contributed by atoms with Gasteiger partial charge in [0.15, 0.2) is 0 Å². The van der Waals surface area contributed by atoms with Gasteiger partial charge in [0.05, 0.1) is 41.3 Å². The van der Waals surface area contributed by atoms with Crippen molar-refractivity contribution in [1.29, 1.82) is 0 Å². The summed E-state index contributed by atoms with van der Waals surface area (Å²) in [4.78, 5) is 72.9. The molecular formula is C39H43NO11. The number of carbonyl (C=O) groups is 6. The molecule has 0 unspecified atom stereocenters. The largest absolute Gasteiger partial charge is 0.489 e. The number of methoxy groups -OCH3 is 4. The average molecular weight is 702 g/mol. The molecule has 0 bridgehead atoms. The number of carboxylic acids is 1. The summed E-state index contributed by atoms with van der Waals surface area (Å²) >= 11 is 0. The monoisotopic (exact) mass is 701 g/mol. The van der Waals surface area contributed by atoms with Gasteiger partial charge in [-0.05, 0) is 49.9 Å². The predicted molar refractivity (Wildman–Crippen MR) is 186 cm³/mol. The fourth-order valence-electron chi connectivity index (χ4n) is 5.65. The van der Waals surface area contributed by atoms with Gasteiger partial charge < -0.3 is 29.4 Å². The van der Waals surface area contributed by atoms with Gasteiger partial charge >= 0.3 is 5.97 Å². The van der Waals surface area contributed by atoms with Gasteiger partial charge in [0.2, 0.25) is 52.1 Å². The first-order chi connectivity index (χ1) is 24.2. The number of Topliss-reactive ketones (excluding diaryl/α,β-unsaturated/α-hetero) is 4. The van der Waals surface area contributed by atoms with Crippen LogP contribution < -0.4 is 5.32 Å². The lowest BCUT2D eigenvalue weighted by Crippen LogP contribution is -2.31. The minimum Gasteiger partial charge on any atom is -0.489 e. The maximum atomic E-state index is 12.7. The first-order valence-electron chi connectivity index (χ1n) is 16.1.